The average molecular weight is 397 g/mol. The van der Waals surface area contributed by atoms with Crippen LogP contribution in [-0.4, -0.2) is 66.6 Å². The van der Waals surface area contributed by atoms with Crippen LogP contribution >= 0.6 is 0 Å². The lowest BCUT2D eigenvalue weighted by Gasteiger charge is -2.58. The zero-order valence-corrected chi connectivity index (χ0v) is 16.3. The minimum atomic E-state index is -4.45. The first-order valence-electron chi connectivity index (χ1n) is 9.73. The molecule has 2 atom stereocenters. The first-order chi connectivity index (χ1) is 13.1. The summed E-state index contributed by atoms with van der Waals surface area (Å²) in [6.45, 7) is 9.98. The summed E-state index contributed by atoms with van der Waals surface area (Å²) in [5.74, 6) is 0.113. The van der Waals surface area contributed by atoms with Gasteiger partial charge in [0.1, 0.15) is 5.69 Å². The number of nitrogens with zero attached hydrogens (tertiary/aromatic N) is 3. The van der Waals surface area contributed by atoms with Crippen molar-refractivity contribution in [3.05, 3.63) is 29.6 Å². The highest BCUT2D eigenvalue weighted by Crippen LogP contribution is 2.63. The van der Waals surface area contributed by atoms with Crippen LogP contribution in [0.3, 0.4) is 0 Å². The van der Waals surface area contributed by atoms with Gasteiger partial charge in [0.25, 0.3) is 5.91 Å². The fraction of sp³-hybridized carbons (Fsp3) is 0.700. The number of amides is 1. The van der Waals surface area contributed by atoms with Crippen molar-refractivity contribution in [2.24, 2.45) is 16.7 Å². The summed E-state index contributed by atoms with van der Waals surface area (Å²) in [6.07, 6.45) is -2.66. The Morgan fingerprint density at radius 2 is 2.00 bits per heavy atom. The van der Waals surface area contributed by atoms with Crippen molar-refractivity contribution in [2.75, 3.05) is 45.9 Å². The van der Waals surface area contributed by atoms with Crippen molar-refractivity contribution >= 4 is 5.91 Å². The highest BCUT2D eigenvalue weighted by molar-refractivity contribution is 5.92. The van der Waals surface area contributed by atoms with Gasteiger partial charge in [-0.15, -0.1) is 0 Å². The summed E-state index contributed by atoms with van der Waals surface area (Å²) in [5.41, 5.74) is -0.541. The minimum Gasteiger partial charge on any atom is -0.379 e. The largest absolute Gasteiger partial charge is 0.417 e. The predicted molar refractivity (Wildman–Crippen MR) is 96.7 cm³/mol. The molecule has 8 heteroatoms. The van der Waals surface area contributed by atoms with Crippen molar-refractivity contribution < 1.29 is 22.7 Å². The molecule has 1 amide bonds. The van der Waals surface area contributed by atoms with Crippen LogP contribution in [0.2, 0.25) is 0 Å². The van der Waals surface area contributed by atoms with Gasteiger partial charge in [0.15, 0.2) is 0 Å². The van der Waals surface area contributed by atoms with Crippen LogP contribution in [0.25, 0.3) is 0 Å². The molecule has 0 bridgehead atoms. The second-order valence-electron chi connectivity index (χ2n) is 9.08. The third-order valence-corrected chi connectivity index (χ3v) is 6.64. The summed E-state index contributed by atoms with van der Waals surface area (Å²) >= 11 is 0. The number of halogens is 3. The number of alkyl halides is 3. The van der Waals surface area contributed by atoms with Gasteiger partial charge in [0, 0.05) is 44.3 Å². The van der Waals surface area contributed by atoms with Gasteiger partial charge in [-0.05, 0) is 29.9 Å². The molecule has 28 heavy (non-hydrogen) atoms. The molecule has 3 aliphatic rings. The number of carbonyl (C=O) groups is 1. The van der Waals surface area contributed by atoms with Crippen molar-refractivity contribution in [1.29, 1.82) is 0 Å². The predicted octanol–water partition coefficient (Wildman–Crippen LogP) is 2.92. The van der Waals surface area contributed by atoms with E-state index in [2.05, 4.69) is 23.7 Å². The van der Waals surface area contributed by atoms with E-state index in [9.17, 15) is 18.0 Å². The summed E-state index contributed by atoms with van der Waals surface area (Å²) in [4.78, 5) is 20.9. The quantitative estimate of drug-likeness (QED) is 0.787. The molecule has 1 aromatic rings. The SMILES string of the molecule is CC1(C)C[C@]2(CN3CCOCC3)CN(C(=O)c3ccc(C(F)(F)F)cn3)C[C@H]12. The fourth-order valence-electron chi connectivity index (χ4n) is 5.55. The van der Waals surface area contributed by atoms with E-state index < -0.39 is 11.7 Å². The number of aromatic nitrogens is 1. The number of ether oxygens (including phenoxy) is 1. The molecular formula is C20H26F3N3O2. The van der Waals surface area contributed by atoms with Gasteiger partial charge in [-0.25, -0.2) is 0 Å². The zero-order valence-electron chi connectivity index (χ0n) is 16.3. The lowest BCUT2D eigenvalue weighted by atomic mass is 9.48. The lowest BCUT2D eigenvalue weighted by molar-refractivity contribution is -0.137. The topological polar surface area (TPSA) is 45.7 Å². The number of fused-ring (bicyclic) bond motifs is 1. The van der Waals surface area contributed by atoms with Gasteiger partial charge in [-0.1, -0.05) is 13.8 Å². The van der Waals surface area contributed by atoms with Crippen molar-refractivity contribution in [1.82, 2.24) is 14.8 Å². The van der Waals surface area contributed by atoms with Crippen molar-refractivity contribution in [2.45, 2.75) is 26.4 Å². The number of rotatable bonds is 3. The van der Waals surface area contributed by atoms with Crippen LogP contribution in [0.5, 0.6) is 0 Å². The molecule has 3 heterocycles. The second-order valence-corrected chi connectivity index (χ2v) is 9.08. The molecule has 4 rings (SSSR count). The van der Waals surface area contributed by atoms with E-state index in [1.165, 1.54) is 6.07 Å². The molecule has 2 saturated heterocycles. The molecule has 154 valence electrons. The number of likely N-dealkylation sites (tertiary alicyclic amines) is 1. The van der Waals surface area contributed by atoms with E-state index in [0.717, 1.165) is 51.5 Å². The average Bonchev–Trinajstić information content (AvgIpc) is 2.96. The molecule has 0 radical (unpaired) electrons. The van der Waals surface area contributed by atoms with Crippen molar-refractivity contribution in [3.63, 3.8) is 0 Å². The summed E-state index contributed by atoms with van der Waals surface area (Å²) in [6, 6.07) is 2.11. The van der Waals surface area contributed by atoms with Crippen LogP contribution in [-0.2, 0) is 10.9 Å². The Balaban J connectivity index is 1.49. The van der Waals surface area contributed by atoms with E-state index in [1.54, 1.807) is 4.90 Å². The van der Waals surface area contributed by atoms with E-state index in [0.29, 0.717) is 19.0 Å². The second kappa shape index (κ2) is 6.69. The Morgan fingerprint density at radius 1 is 1.29 bits per heavy atom. The van der Waals surface area contributed by atoms with Crippen LogP contribution < -0.4 is 0 Å². The van der Waals surface area contributed by atoms with Crippen LogP contribution in [0.15, 0.2) is 18.3 Å². The van der Waals surface area contributed by atoms with E-state index in [-0.39, 0.29) is 22.4 Å². The maximum Gasteiger partial charge on any atom is 0.417 e. The number of carbonyl (C=O) groups excluding carboxylic acids is 1. The minimum absolute atomic E-state index is 0.0579. The summed E-state index contributed by atoms with van der Waals surface area (Å²) in [5, 5.41) is 0. The molecule has 2 aliphatic heterocycles. The Bertz CT molecular complexity index is 744. The van der Waals surface area contributed by atoms with Gasteiger partial charge in [0.05, 0.1) is 18.8 Å². The normalized spacial score (nSPS) is 30.0. The molecule has 1 aliphatic carbocycles. The standard InChI is InChI=1S/C20H26F3N3O2/c1-18(2)11-19(12-25-5-7-28-8-6-25)13-26(10-16(18)19)17(27)15-4-3-14(9-24-15)20(21,22)23/h3-4,9,16H,5-8,10-13H2,1-2H3/t16-,19+/m1/s1. The third kappa shape index (κ3) is 3.41. The Morgan fingerprint density at radius 3 is 2.57 bits per heavy atom. The number of morpholine rings is 1. The highest BCUT2D eigenvalue weighted by Gasteiger charge is 2.63. The molecular weight excluding hydrogens is 371 g/mol. The molecule has 1 aromatic heterocycles. The van der Waals surface area contributed by atoms with Gasteiger partial charge in [-0.2, -0.15) is 13.2 Å². The van der Waals surface area contributed by atoms with E-state index in [4.69, 9.17) is 4.74 Å². The molecule has 0 N–H and O–H groups in total. The summed E-state index contributed by atoms with van der Waals surface area (Å²) < 4.78 is 43.7. The molecule has 5 nitrogen and oxygen atoms in total. The fourth-order valence-corrected chi connectivity index (χ4v) is 5.55. The molecule has 3 fully saturated rings. The molecule has 1 saturated carbocycles. The Labute approximate surface area is 162 Å². The van der Waals surface area contributed by atoms with Crippen LogP contribution in [0.1, 0.15) is 36.3 Å². The highest BCUT2D eigenvalue weighted by atomic mass is 19.4. The maximum atomic E-state index is 12.9. The lowest BCUT2D eigenvalue weighted by Crippen LogP contribution is -2.59. The van der Waals surface area contributed by atoms with Gasteiger partial charge >= 0.3 is 6.18 Å². The zero-order chi connectivity index (χ0) is 20.2. The Hall–Kier alpha value is -1.67. The first kappa shape index (κ1) is 19.6. The number of pyridine rings is 1. The molecule has 0 unspecified atom stereocenters. The number of hydrogen-bond donors (Lipinski definition) is 0. The van der Waals surface area contributed by atoms with Crippen LogP contribution in [0.4, 0.5) is 13.2 Å². The van der Waals surface area contributed by atoms with Crippen LogP contribution in [0, 0.1) is 16.7 Å². The number of hydrogen-bond acceptors (Lipinski definition) is 4. The maximum absolute atomic E-state index is 12.9. The van der Waals surface area contributed by atoms with Gasteiger partial charge in [-0.3, -0.25) is 14.7 Å². The molecule has 0 aromatic carbocycles. The molecule has 0 spiro atoms. The third-order valence-electron chi connectivity index (χ3n) is 6.64. The van der Waals surface area contributed by atoms with E-state index >= 15 is 0 Å². The van der Waals surface area contributed by atoms with Crippen molar-refractivity contribution in [3.8, 4) is 0 Å². The van der Waals surface area contributed by atoms with Gasteiger partial charge in [0.2, 0.25) is 0 Å². The smallest absolute Gasteiger partial charge is 0.379 e. The Kier molecular flexibility index (Phi) is 4.69. The first-order valence-corrected chi connectivity index (χ1v) is 9.73. The van der Waals surface area contributed by atoms with E-state index in [1.807, 2.05) is 0 Å². The van der Waals surface area contributed by atoms with Gasteiger partial charge < -0.3 is 9.64 Å². The monoisotopic (exact) mass is 397 g/mol. The summed E-state index contributed by atoms with van der Waals surface area (Å²) in [7, 11) is 0.